The summed E-state index contributed by atoms with van der Waals surface area (Å²) < 4.78 is 10.8. The summed E-state index contributed by atoms with van der Waals surface area (Å²) >= 11 is 0. The van der Waals surface area contributed by atoms with Gasteiger partial charge in [-0.1, -0.05) is 63.4 Å². The maximum atomic E-state index is 14.5. The van der Waals surface area contributed by atoms with Crippen molar-refractivity contribution in [2.75, 3.05) is 40.4 Å². The minimum atomic E-state index is -1.25. The predicted molar refractivity (Wildman–Crippen MR) is 201 cm³/mol. The van der Waals surface area contributed by atoms with Crippen LogP contribution in [-0.4, -0.2) is 115 Å². The van der Waals surface area contributed by atoms with Gasteiger partial charge in [0.1, 0.15) is 23.7 Å². The van der Waals surface area contributed by atoms with Crippen molar-refractivity contribution < 1.29 is 43.0 Å². The zero-order valence-corrected chi connectivity index (χ0v) is 33.1. The standard InChI is InChI=1S/C40H58N6O9/c1-39(2,3)55-38(53)44-31(25-16-12-9-13-17-25)37(52)46-20-26-29(40(26,4)5)32(46)34(49)42-27(18-23-21-54-22-23)33(48)35(50)41-19-28(47)43-30(36(51)45(6)7)24-14-10-8-11-15-24/h8,10-11,14-15,23,25-27,29-32H,9,12-13,16-22H2,1-7H3,(H,41,50)(H,42,49)(H,43,47)(H,44,53)/t26?,27?,29-,30-,31-,32-/m0/s1. The minimum Gasteiger partial charge on any atom is -0.444 e. The Morgan fingerprint density at radius 3 is 2.18 bits per heavy atom. The lowest BCUT2D eigenvalue weighted by Gasteiger charge is -2.37. The number of nitrogens with zero attached hydrogens (tertiary/aromatic N) is 2. The molecule has 6 atom stereocenters. The molecule has 0 bridgehead atoms. The van der Waals surface area contributed by atoms with E-state index in [9.17, 15) is 33.6 Å². The number of benzene rings is 1. The van der Waals surface area contributed by atoms with Gasteiger partial charge in [-0.25, -0.2) is 4.79 Å². The molecule has 0 radical (unpaired) electrons. The molecule has 2 heterocycles. The van der Waals surface area contributed by atoms with E-state index in [1.165, 1.54) is 4.90 Å². The van der Waals surface area contributed by atoms with Crippen molar-refractivity contribution in [3.63, 3.8) is 0 Å². The number of likely N-dealkylation sites (N-methyl/N-ethyl adjacent to an activating group) is 1. The van der Waals surface area contributed by atoms with Crippen LogP contribution >= 0.6 is 0 Å². The predicted octanol–water partition coefficient (Wildman–Crippen LogP) is 2.10. The van der Waals surface area contributed by atoms with Gasteiger partial charge >= 0.3 is 6.09 Å². The van der Waals surface area contributed by atoms with E-state index in [1.807, 2.05) is 13.8 Å². The number of carbonyl (C=O) groups excluding carboxylic acids is 7. The van der Waals surface area contributed by atoms with Crippen molar-refractivity contribution in [2.45, 2.75) is 103 Å². The van der Waals surface area contributed by atoms with Crippen LogP contribution < -0.4 is 21.3 Å². The van der Waals surface area contributed by atoms with Crippen LogP contribution in [0.2, 0.25) is 0 Å². The summed E-state index contributed by atoms with van der Waals surface area (Å²) in [5.41, 5.74) is -0.464. The smallest absolute Gasteiger partial charge is 0.408 e. The Labute approximate surface area is 323 Å². The number of ether oxygens (including phenoxy) is 2. The molecule has 0 aromatic heterocycles. The molecule has 4 N–H and O–H groups in total. The number of ketones is 1. The fourth-order valence-electron chi connectivity index (χ4n) is 8.33. The zero-order chi connectivity index (χ0) is 40.2. The quantitative estimate of drug-likeness (QED) is 0.205. The molecule has 2 unspecified atom stereocenters. The summed E-state index contributed by atoms with van der Waals surface area (Å²) in [5.74, 6) is -4.35. The molecule has 1 aromatic rings. The highest BCUT2D eigenvalue weighted by molar-refractivity contribution is 6.38. The average molecular weight is 767 g/mol. The second-order valence-corrected chi connectivity index (χ2v) is 17.3. The number of likely N-dealkylation sites (tertiary alicyclic amines) is 1. The number of amides is 6. The van der Waals surface area contributed by atoms with Crippen molar-refractivity contribution in [1.29, 1.82) is 0 Å². The maximum absolute atomic E-state index is 14.5. The largest absolute Gasteiger partial charge is 0.444 e. The van der Waals surface area contributed by atoms with Gasteiger partial charge in [-0.3, -0.25) is 28.8 Å². The first-order valence-corrected chi connectivity index (χ1v) is 19.4. The van der Waals surface area contributed by atoms with Crippen LogP contribution in [0.4, 0.5) is 4.79 Å². The van der Waals surface area contributed by atoms with Gasteiger partial charge in [-0.2, -0.15) is 0 Å². The number of carbonyl (C=O) groups is 7. The van der Waals surface area contributed by atoms with Crippen molar-refractivity contribution >= 4 is 41.4 Å². The second-order valence-electron chi connectivity index (χ2n) is 17.3. The van der Waals surface area contributed by atoms with Gasteiger partial charge in [0.15, 0.2) is 0 Å². The van der Waals surface area contributed by atoms with Crippen molar-refractivity contribution in [3.8, 4) is 0 Å². The molecular formula is C40H58N6O9. The van der Waals surface area contributed by atoms with Gasteiger partial charge in [-0.15, -0.1) is 0 Å². The van der Waals surface area contributed by atoms with Gasteiger partial charge in [0, 0.05) is 26.6 Å². The molecule has 15 heteroatoms. The Morgan fingerprint density at radius 2 is 1.60 bits per heavy atom. The molecule has 2 saturated carbocycles. The van der Waals surface area contributed by atoms with E-state index in [1.54, 1.807) is 70.1 Å². The molecule has 15 nitrogen and oxygen atoms in total. The molecule has 5 rings (SSSR count). The molecule has 302 valence electrons. The van der Waals surface area contributed by atoms with Crippen LogP contribution in [0.15, 0.2) is 30.3 Å². The average Bonchev–Trinajstić information content (AvgIpc) is 3.41. The first-order chi connectivity index (χ1) is 25.9. The van der Waals surface area contributed by atoms with Gasteiger partial charge in [-0.05, 0) is 68.8 Å². The van der Waals surface area contributed by atoms with E-state index >= 15 is 0 Å². The first kappa shape index (κ1) is 41.6. The Hall–Kier alpha value is -4.53. The van der Waals surface area contributed by atoms with Crippen LogP contribution in [0.25, 0.3) is 0 Å². The topological polar surface area (TPSA) is 193 Å². The molecule has 2 saturated heterocycles. The summed E-state index contributed by atoms with van der Waals surface area (Å²) in [4.78, 5) is 97.5. The van der Waals surface area contributed by atoms with Crippen LogP contribution in [0.3, 0.4) is 0 Å². The molecule has 4 aliphatic rings. The molecular weight excluding hydrogens is 708 g/mol. The van der Waals surface area contributed by atoms with Crippen molar-refractivity contribution in [2.24, 2.45) is 29.1 Å². The van der Waals surface area contributed by atoms with Crippen LogP contribution in [0.5, 0.6) is 0 Å². The number of Topliss-reactive ketones (excluding diaryl/α,β-unsaturated/α-hetero) is 1. The normalized spacial score (nSPS) is 23.5. The number of fused-ring (bicyclic) bond motifs is 1. The van der Waals surface area contributed by atoms with Crippen molar-refractivity contribution in [1.82, 2.24) is 31.1 Å². The summed E-state index contributed by atoms with van der Waals surface area (Å²) in [6, 6.07) is 4.58. The van der Waals surface area contributed by atoms with E-state index in [2.05, 4.69) is 21.3 Å². The highest BCUT2D eigenvalue weighted by Crippen LogP contribution is 2.65. The highest BCUT2D eigenvalue weighted by Gasteiger charge is 2.70. The zero-order valence-electron chi connectivity index (χ0n) is 33.1. The summed E-state index contributed by atoms with van der Waals surface area (Å²) in [7, 11) is 3.13. The van der Waals surface area contributed by atoms with E-state index in [4.69, 9.17) is 9.47 Å². The molecule has 6 amide bonds. The Morgan fingerprint density at radius 1 is 0.945 bits per heavy atom. The SMILES string of the molecule is CN(C)C(=O)[C@@H](NC(=O)CNC(=O)C(=O)C(CC1COC1)NC(=O)[C@@H]1[C@@H]2C(CN1C(=O)[C@@H](NC(=O)OC(C)(C)C)C1CCCCC1)C2(C)C)c1ccccc1. The van der Waals surface area contributed by atoms with E-state index in [0.717, 1.165) is 32.1 Å². The Bertz CT molecular complexity index is 1620. The monoisotopic (exact) mass is 766 g/mol. The number of alkyl carbamates (subject to hydrolysis) is 1. The summed E-state index contributed by atoms with van der Waals surface area (Å²) in [5, 5.41) is 10.6. The third-order valence-corrected chi connectivity index (χ3v) is 11.5. The van der Waals surface area contributed by atoms with Crippen LogP contribution in [-0.2, 0) is 38.2 Å². The lowest BCUT2D eigenvalue weighted by atomic mass is 9.83. The lowest BCUT2D eigenvalue weighted by Crippen LogP contribution is -2.60. The van der Waals surface area contributed by atoms with Crippen LogP contribution in [0, 0.1) is 29.1 Å². The fourth-order valence-corrected chi connectivity index (χ4v) is 8.33. The second kappa shape index (κ2) is 17.1. The molecule has 55 heavy (non-hydrogen) atoms. The van der Waals surface area contributed by atoms with Gasteiger partial charge < -0.3 is 40.5 Å². The number of hydrogen-bond acceptors (Lipinski definition) is 9. The third-order valence-electron chi connectivity index (χ3n) is 11.5. The number of piperidine rings is 1. The number of rotatable bonds is 14. The van der Waals surface area contributed by atoms with Gasteiger partial charge in [0.05, 0.1) is 25.8 Å². The molecule has 1 aromatic carbocycles. The van der Waals surface area contributed by atoms with E-state index in [0.29, 0.717) is 25.3 Å². The van der Waals surface area contributed by atoms with Crippen LogP contribution in [0.1, 0.15) is 84.7 Å². The fraction of sp³-hybridized carbons (Fsp3) is 0.675. The summed E-state index contributed by atoms with van der Waals surface area (Å²) in [6.07, 6.45) is 3.82. The lowest BCUT2D eigenvalue weighted by molar-refractivity contribution is -0.145. The van der Waals surface area contributed by atoms with E-state index in [-0.39, 0.29) is 47.3 Å². The molecule has 0 spiro atoms. The maximum Gasteiger partial charge on any atom is 0.408 e. The van der Waals surface area contributed by atoms with Gasteiger partial charge in [0.2, 0.25) is 29.4 Å². The molecule has 2 aliphatic carbocycles. The molecule has 2 aliphatic heterocycles. The van der Waals surface area contributed by atoms with Gasteiger partial charge in [0.25, 0.3) is 5.91 Å². The number of hydrogen-bond donors (Lipinski definition) is 4. The Kier molecular flexibility index (Phi) is 12.9. The van der Waals surface area contributed by atoms with Crippen molar-refractivity contribution in [3.05, 3.63) is 35.9 Å². The highest BCUT2D eigenvalue weighted by atomic mass is 16.6. The minimum absolute atomic E-state index is 0.0378. The Balaban J connectivity index is 1.29. The van der Waals surface area contributed by atoms with E-state index < -0.39 is 65.9 Å². The summed E-state index contributed by atoms with van der Waals surface area (Å²) in [6.45, 7) is 9.78. The third kappa shape index (κ3) is 10.0. The number of nitrogens with one attached hydrogen (secondary N) is 4. The molecule has 4 fully saturated rings. The first-order valence-electron chi connectivity index (χ1n) is 19.4.